The first-order valence-corrected chi connectivity index (χ1v) is 18.1. The molecule has 4 aromatic rings. The maximum atomic E-state index is 14.7. The van der Waals surface area contributed by atoms with Gasteiger partial charge in [-0.25, -0.2) is 8.42 Å². The number of ether oxygens (including phenoxy) is 1. The first-order chi connectivity index (χ1) is 23.1. The number of hydrogen-bond acceptors (Lipinski definition) is 5. The van der Waals surface area contributed by atoms with E-state index in [-0.39, 0.29) is 45.5 Å². The van der Waals surface area contributed by atoms with Crippen molar-refractivity contribution in [1.29, 1.82) is 0 Å². The van der Waals surface area contributed by atoms with E-state index in [1.165, 1.54) is 23.1 Å². The van der Waals surface area contributed by atoms with Crippen LogP contribution in [-0.4, -0.2) is 50.9 Å². The standard InChI is InChI=1S/C37H39Cl2N3O5S/c1-26-18-20-31(21-19-26)48(45,46)42(33-17-9-16-32(38)36(33)39)25-35(43)41(24-28-12-8-15-30(22-28)47-2)34(23-27-10-4-3-5-11-27)37(44)40-29-13-6-7-14-29/h3-5,8-12,15-22,29,34H,6-7,13-14,23-25H2,1-2H3,(H,40,44). The molecule has 11 heteroatoms. The van der Waals surface area contributed by atoms with E-state index in [0.29, 0.717) is 11.3 Å². The minimum Gasteiger partial charge on any atom is -0.497 e. The molecule has 0 aliphatic heterocycles. The SMILES string of the molecule is COc1cccc(CN(C(=O)CN(c2cccc(Cl)c2Cl)S(=O)(=O)c2ccc(C)cc2)C(Cc2ccccc2)C(=O)NC2CCCC2)c1. The Morgan fingerprint density at radius 1 is 0.896 bits per heavy atom. The van der Waals surface area contributed by atoms with Gasteiger partial charge in [0.05, 0.1) is 27.7 Å². The van der Waals surface area contributed by atoms with Gasteiger partial charge in [-0.1, -0.05) is 102 Å². The van der Waals surface area contributed by atoms with Gasteiger partial charge in [0.1, 0.15) is 18.3 Å². The predicted octanol–water partition coefficient (Wildman–Crippen LogP) is 7.20. The highest BCUT2D eigenvalue weighted by Crippen LogP contribution is 2.36. The van der Waals surface area contributed by atoms with Gasteiger partial charge < -0.3 is 15.0 Å². The van der Waals surface area contributed by atoms with Gasteiger partial charge in [0.25, 0.3) is 10.0 Å². The van der Waals surface area contributed by atoms with Gasteiger partial charge in [0, 0.05) is 19.0 Å². The molecule has 1 aliphatic carbocycles. The van der Waals surface area contributed by atoms with Crippen molar-refractivity contribution in [3.63, 3.8) is 0 Å². The lowest BCUT2D eigenvalue weighted by Crippen LogP contribution is -2.54. The number of hydrogen-bond donors (Lipinski definition) is 1. The molecule has 1 aliphatic rings. The molecule has 0 radical (unpaired) electrons. The molecule has 1 atom stereocenters. The lowest BCUT2D eigenvalue weighted by atomic mass is 10.0. The summed E-state index contributed by atoms with van der Waals surface area (Å²) in [6.07, 6.45) is 3.99. The summed E-state index contributed by atoms with van der Waals surface area (Å²) in [4.78, 5) is 30.3. The van der Waals surface area contributed by atoms with Crippen LogP contribution < -0.4 is 14.4 Å². The highest BCUT2D eigenvalue weighted by Gasteiger charge is 2.36. The molecule has 0 heterocycles. The van der Waals surface area contributed by atoms with Gasteiger partial charge in [0.2, 0.25) is 11.8 Å². The van der Waals surface area contributed by atoms with Crippen molar-refractivity contribution in [3.05, 3.63) is 124 Å². The highest BCUT2D eigenvalue weighted by molar-refractivity contribution is 7.92. The fraction of sp³-hybridized carbons (Fsp3) is 0.297. The summed E-state index contributed by atoms with van der Waals surface area (Å²) >= 11 is 13.0. The first-order valence-electron chi connectivity index (χ1n) is 15.9. The summed E-state index contributed by atoms with van der Waals surface area (Å²) in [5, 5.41) is 3.30. The van der Waals surface area contributed by atoms with Gasteiger partial charge in [-0.15, -0.1) is 0 Å². The van der Waals surface area contributed by atoms with E-state index in [4.69, 9.17) is 27.9 Å². The average Bonchev–Trinajstić information content (AvgIpc) is 3.60. The molecule has 0 bridgehead atoms. The van der Waals surface area contributed by atoms with Crippen LogP contribution in [0.5, 0.6) is 5.75 Å². The number of methoxy groups -OCH3 is 1. The smallest absolute Gasteiger partial charge is 0.264 e. The summed E-state index contributed by atoms with van der Waals surface area (Å²) in [5.74, 6) is -0.299. The number of sulfonamides is 1. The summed E-state index contributed by atoms with van der Waals surface area (Å²) in [7, 11) is -2.77. The average molecular weight is 709 g/mol. The topological polar surface area (TPSA) is 96.0 Å². The number of anilines is 1. The molecule has 2 amide bonds. The van der Waals surface area contributed by atoms with E-state index < -0.39 is 28.5 Å². The van der Waals surface area contributed by atoms with Crippen molar-refractivity contribution >= 4 is 50.7 Å². The molecule has 8 nitrogen and oxygen atoms in total. The van der Waals surface area contributed by atoms with Crippen molar-refractivity contribution in [2.24, 2.45) is 0 Å². The third-order valence-electron chi connectivity index (χ3n) is 8.55. The van der Waals surface area contributed by atoms with Crippen LogP contribution in [-0.2, 0) is 32.6 Å². The van der Waals surface area contributed by atoms with Crippen molar-refractivity contribution < 1.29 is 22.7 Å². The fourth-order valence-corrected chi connectivity index (χ4v) is 7.80. The van der Waals surface area contributed by atoms with Gasteiger partial charge in [0.15, 0.2) is 0 Å². The molecule has 0 saturated heterocycles. The molecule has 4 aromatic carbocycles. The van der Waals surface area contributed by atoms with E-state index in [1.807, 2.05) is 49.4 Å². The molecule has 0 spiro atoms. The van der Waals surface area contributed by atoms with Crippen LogP contribution in [0.15, 0.2) is 102 Å². The van der Waals surface area contributed by atoms with Crippen LogP contribution in [0.3, 0.4) is 0 Å². The number of rotatable bonds is 13. The zero-order chi connectivity index (χ0) is 34.3. The molecule has 5 rings (SSSR count). The zero-order valence-corrected chi connectivity index (χ0v) is 29.3. The van der Waals surface area contributed by atoms with Crippen molar-refractivity contribution in [2.75, 3.05) is 18.0 Å². The number of amides is 2. The van der Waals surface area contributed by atoms with E-state index in [1.54, 1.807) is 43.5 Å². The number of aryl methyl sites for hydroxylation is 1. The Morgan fingerprint density at radius 3 is 2.25 bits per heavy atom. The third-order valence-corrected chi connectivity index (χ3v) is 11.1. The monoisotopic (exact) mass is 707 g/mol. The predicted molar refractivity (Wildman–Crippen MR) is 190 cm³/mol. The number of carbonyl (C=O) groups excluding carboxylic acids is 2. The molecule has 1 N–H and O–H groups in total. The summed E-state index contributed by atoms with van der Waals surface area (Å²) in [6, 6.07) is 26.7. The van der Waals surface area contributed by atoms with Crippen molar-refractivity contribution in [2.45, 2.75) is 62.6 Å². The van der Waals surface area contributed by atoms with Crippen LogP contribution in [0.4, 0.5) is 5.69 Å². The quantitative estimate of drug-likeness (QED) is 0.159. The molecular formula is C37H39Cl2N3O5S. The summed E-state index contributed by atoms with van der Waals surface area (Å²) < 4.78 is 35.0. The largest absolute Gasteiger partial charge is 0.497 e. The number of benzene rings is 4. The number of nitrogens with zero attached hydrogens (tertiary/aromatic N) is 2. The van der Waals surface area contributed by atoms with E-state index in [2.05, 4.69) is 5.32 Å². The van der Waals surface area contributed by atoms with Gasteiger partial charge >= 0.3 is 0 Å². The maximum absolute atomic E-state index is 14.7. The Kier molecular flexibility index (Phi) is 11.7. The van der Waals surface area contributed by atoms with Crippen molar-refractivity contribution in [1.82, 2.24) is 10.2 Å². The normalized spacial score (nSPS) is 13.9. The second kappa shape index (κ2) is 15.9. The van der Waals surface area contributed by atoms with Crippen LogP contribution in [0.25, 0.3) is 0 Å². The molecule has 1 saturated carbocycles. The third kappa shape index (κ3) is 8.50. The van der Waals surface area contributed by atoms with Gasteiger partial charge in [-0.05, 0) is 67.3 Å². The molecule has 48 heavy (non-hydrogen) atoms. The lowest BCUT2D eigenvalue weighted by molar-refractivity contribution is -0.140. The number of nitrogens with one attached hydrogen (secondary N) is 1. The molecular weight excluding hydrogens is 669 g/mol. The second-order valence-corrected chi connectivity index (χ2v) is 14.6. The van der Waals surface area contributed by atoms with Crippen molar-refractivity contribution in [3.8, 4) is 5.75 Å². The lowest BCUT2D eigenvalue weighted by Gasteiger charge is -2.34. The van der Waals surface area contributed by atoms with Gasteiger partial charge in [-0.2, -0.15) is 0 Å². The zero-order valence-electron chi connectivity index (χ0n) is 26.9. The van der Waals surface area contributed by atoms with Crippen LogP contribution in [0.2, 0.25) is 10.0 Å². The minimum atomic E-state index is -4.32. The summed E-state index contributed by atoms with van der Waals surface area (Å²) in [6.45, 7) is 1.24. The van der Waals surface area contributed by atoms with Crippen LogP contribution in [0.1, 0.15) is 42.4 Å². The summed E-state index contributed by atoms with van der Waals surface area (Å²) in [5.41, 5.74) is 2.49. The van der Waals surface area contributed by atoms with E-state index in [9.17, 15) is 18.0 Å². The van der Waals surface area contributed by atoms with E-state index >= 15 is 0 Å². The maximum Gasteiger partial charge on any atom is 0.264 e. The van der Waals surface area contributed by atoms with Crippen LogP contribution >= 0.6 is 23.2 Å². The molecule has 1 fully saturated rings. The minimum absolute atomic E-state index is 0.00762. The molecule has 0 aromatic heterocycles. The Morgan fingerprint density at radius 2 is 1.56 bits per heavy atom. The fourth-order valence-electron chi connectivity index (χ4n) is 5.92. The Balaban J connectivity index is 1.60. The number of halogens is 2. The first kappa shape index (κ1) is 35.3. The highest BCUT2D eigenvalue weighted by atomic mass is 35.5. The van der Waals surface area contributed by atoms with E-state index in [0.717, 1.165) is 41.1 Å². The Bertz CT molecular complexity index is 1830. The number of carbonyl (C=O) groups is 2. The molecule has 1 unspecified atom stereocenters. The van der Waals surface area contributed by atoms with Gasteiger partial charge in [-0.3, -0.25) is 13.9 Å². The Hall–Kier alpha value is -4.05. The second-order valence-electron chi connectivity index (χ2n) is 12.0. The Labute approximate surface area is 292 Å². The molecule has 252 valence electrons. The van der Waals surface area contributed by atoms with Crippen LogP contribution in [0, 0.1) is 6.92 Å².